The summed E-state index contributed by atoms with van der Waals surface area (Å²) in [5, 5.41) is 0. The Hall–Kier alpha value is -4.68. The Morgan fingerprint density at radius 2 is 0.548 bits per heavy atom. The molecule has 2 aliphatic rings. The van der Waals surface area contributed by atoms with Crippen LogP contribution in [0.15, 0.2) is 133 Å². The average Bonchev–Trinajstić information content (AvgIpc) is 3.40. The van der Waals surface area contributed by atoms with Gasteiger partial charge in [-0.3, -0.25) is 0 Å². The lowest BCUT2D eigenvalue weighted by atomic mass is 9.79. The fourth-order valence-corrected chi connectivity index (χ4v) is 7.45. The molecule has 6 aromatic rings. The first-order valence-electron chi connectivity index (χ1n) is 15.0. The molecule has 0 amide bonds. The molecule has 0 N–H and O–H groups in total. The molecule has 2 aliphatic carbocycles. The summed E-state index contributed by atoms with van der Waals surface area (Å²) in [6.07, 6.45) is 0. The van der Waals surface area contributed by atoms with Gasteiger partial charge in [0.05, 0.1) is 0 Å². The van der Waals surface area contributed by atoms with E-state index in [2.05, 4.69) is 161 Å². The Morgan fingerprint density at radius 3 is 0.833 bits per heavy atom. The number of rotatable bonds is 3. The van der Waals surface area contributed by atoms with Gasteiger partial charge >= 0.3 is 0 Å². The van der Waals surface area contributed by atoms with Crippen LogP contribution in [0, 0.1) is 0 Å². The smallest absolute Gasteiger partial charge is 0.0159 e. The van der Waals surface area contributed by atoms with Gasteiger partial charge in [-0.25, -0.2) is 0 Å². The first kappa shape index (κ1) is 25.1. The summed E-state index contributed by atoms with van der Waals surface area (Å²) < 4.78 is 0. The van der Waals surface area contributed by atoms with Crippen molar-refractivity contribution in [2.75, 3.05) is 0 Å². The minimum absolute atomic E-state index is 0.0639. The normalized spacial score (nSPS) is 15.0. The van der Waals surface area contributed by atoms with Gasteiger partial charge in [0.1, 0.15) is 0 Å². The van der Waals surface area contributed by atoms with E-state index in [1.54, 1.807) is 0 Å². The second kappa shape index (κ2) is 8.91. The van der Waals surface area contributed by atoms with Gasteiger partial charge in [0.15, 0.2) is 0 Å². The lowest BCUT2D eigenvalue weighted by molar-refractivity contribution is 0.660. The second-order valence-corrected chi connectivity index (χ2v) is 13.0. The van der Waals surface area contributed by atoms with Crippen LogP contribution in [0.1, 0.15) is 49.9 Å². The summed E-state index contributed by atoms with van der Waals surface area (Å²) in [6, 6.07) is 49.7. The fraction of sp³-hybridized carbons (Fsp3) is 0.143. The largest absolute Gasteiger partial charge is 0.0622 e. The molecular formula is C42H34. The van der Waals surface area contributed by atoms with Crippen LogP contribution in [0.3, 0.4) is 0 Å². The van der Waals surface area contributed by atoms with Crippen LogP contribution in [0.4, 0.5) is 0 Å². The Labute approximate surface area is 249 Å². The molecule has 0 spiro atoms. The zero-order valence-electron chi connectivity index (χ0n) is 24.7. The van der Waals surface area contributed by atoms with Crippen molar-refractivity contribution in [2.45, 2.75) is 38.5 Å². The summed E-state index contributed by atoms with van der Waals surface area (Å²) in [6.45, 7) is 9.51. The number of benzene rings is 6. The summed E-state index contributed by atoms with van der Waals surface area (Å²) in [5.74, 6) is 0. The van der Waals surface area contributed by atoms with Crippen molar-refractivity contribution >= 4 is 0 Å². The van der Waals surface area contributed by atoms with Crippen LogP contribution in [-0.4, -0.2) is 0 Å². The van der Waals surface area contributed by atoms with Crippen molar-refractivity contribution in [3.05, 3.63) is 156 Å². The Kier molecular flexibility index (Phi) is 5.32. The highest BCUT2D eigenvalue weighted by atomic mass is 14.4. The molecule has 0 aliphatic heterocycles. The average molecular weight is 539 g/mol. The highest BCUT2D eigenvalue weighted by Gasteiger charge is 2.37. The van der Waals surface area contributed by atoms with E-state index in [9.17, 15) is 0 Å². The van der Waals surface area contributed by atoms with Gasteiger partial charge in [-0.1, -0.05) is 137 Å². The van der Waals surface area contributed by atoms with E-state index >= 15 is 0 Å². The van der Waals surface area contributed by atoms with E-state index in [0.29, 0.717) is 0 Å². The van der Waals surface area contributed by atoms with E-state index in [1.165, 1.54) is 77.9 Å². The van der Waals surface area contributed by atoms with Crippen LogP contribution < -0.4 is 0 Å². The Morgan fingerprint density at radius 1 is 0.286 bits per heavy atom. The van der Waals surface area contributed by atoms with Crippen LogP contribution in [0.2, 0.25) is 0 Å². The fourth-order valence-electron chi connectivity index (χ4n) is 7.45. The van der Waals surface area contributed by atoms with Crippen molar-refractivity contribution in [1.29, 1.82) is 0 Å². The lowest BCUT2D eigenvalue weighted by Crippen LogP contribution is -2.15. The molecule has 0 bridgehead atoms. The van der Waals surface area contributed by atoms with Gasteiger partial charge in [0.2, 0.25) is 0 Å². The van der Waals surface area contributed by atoms with E-state index < -0.39 is 0 Å². The molecule has 0 saturated carbocycles. The summed E-state index contributed by atoms with van der Waals surface area (Å²) in [5.41, 5.74) is 18.7. The maximum absolute atomic E-state index is 2.45. The maximum Gasteiger partial charge on any atom is 0.0159 e. The molecule has 0 unspecified atom stereocenters. The van der Waals surface area contributed by atoms with Crippen LogP contribution >= 0.6 is 0 Å². The van der Waals surface area contributed by atoms with Crippen LogP contribution in [0.25, 0.3) is 55.6 Å². The second-order valence-electron chi connectivity index (χ2n) is 13.0. The molecule has 0 heteroatoms. The molecule has 0 atom stereocenters. The zero-order valence-corrected chi connectivity index (χ0v) is 24.7. The minimum atomic E-state index is -0.0639. The van der Waals surface area contributed by atoms with E-state index in [4.69, 9.17) is 0 Å². The van der Waals surface area contributed by atoms with E-state index in [-0.39, 0.29) is 10.8 Å². The first-order chi connectivity index (χ1) is 20.3. The molecule has 8 rings (SSSR count). The monoisotopic (exact) mass is 538 g/mol. The topological polar surface area (TPSA) is 0 Å². The van der Waals surface area contributed by atoms with E-state index in [1.807, 2.05) is 0 Å². The molecule has 0 fully saturated rings. The highest BCUT2D eigenvalue weighted by Crippen LogP contribution is 2.53. The molecule has 0 heterocycles. The van der Waals surface area contributed by atoms with E-state index in [0.717, 1.165) is 0 Å². The van der Waals surface area contributed by atoms with Crippen molar-refractivity contribution < 1.29 is 0 Å². The molecule has 0 nitrogen and oxygen atoms in total. The van der Waals surface area contributed by atoms with Gasteiger partial charge < -0.3 is 0 Å². The lowest BCUT2D eigenvalue weighted by Gasteiger charge is -2.24. The predicted molar refractivity (Wildman–Crippen MR) is 178 cm³/mol. The van der Waals surface area contributed by atoms with Crippen molar-refractivity contribution in [3.8, 4) is 55.6 Å². The van der Waals surface area contributed by atoms with Gasteiger partial charge in [-0.15, -0.1) is 0 Å². The van der Waals surface area contributed by atoms with Gasteiger partial charge in [0.25, 0.3) is 0 Å². The molecule has 202 valence electrons. The number of hydrogen-bond acceptors (Lipinski definition) is 0. The van der Waals surface area contributed by atoms with Gasteiger partial charge in [-0.2, -0.15) is 0 Å². The maximum atomic E-state index is 2.45. The SMILES string of the molecule is CC1(C)c2cc(-c3ccccc3)ccc2-c2ccc(-c3ccc4c(c3)C(C)(C)c3cc(-c5ccccc5)ccc3-4)cc21. The third-order valence-corrected chi connectivity index (χ3v) is 9.90. The molecule has 42 heavy (non-hydrogen) atoms. The van der Waals surface area contributed by atoms with Crippen molar-refractivity contribution in [3.63, 3.8) is 0 Å². The third kappa shape index (κ3) is 3.61. The number of fused-ring (bicyclic) bond motifs is 6. The van der Waals surface area contributed by atoms with Crippen molar-refractivity contribution in [1.82, 2.24) is 0 Å². The first-order valence-corrected chi connectivity index (χ1v) is 15.0. The van der Waals surface area contributed by atoms with Gasteiger partial charge in [-0.05, 0) is 102 Å². The van der Waals surface area contributed by atoms with Gasteiger partial charge in [0, 0.05) is 10.8 Å². The molecular weight excluding hydrogens is 504 g/mol. The van der Waals surface area contributed by atoms with Crippen LogP contribution in [0.5, 0.6) is 0 Å². The summed E-state index contributed by atoms with van der Waals surface area (Å²) >= 11 is 0. The summed E-state index contributed by atoms with van der Waals surface area (Å²) in [4.78, 5) is 0. The van der Waals surface area contributed by atoms with Crippen LogP contribution in [-0.2, 0) is 10.8 Å². The molecule has 0 radical (unpaired) electrons. The molecule has 0 aromatic heterocycles. The quantitative estimate of drug-likeness (QED) is 0.210. The molecule has 6 aromatic carbocycles. The minimum Gasteiger partial charge on any atom is -0.0622 e. The van der Waals surface area contributed by atoms with Crippen molar-refractivity contribution in [2.24, 2.45) is 0 Å². The highest BCUT2D eigenvalue weighted by molar-refractivity contribution is 5.88. The predicted octanol–water partition coefficient (Wildman–Crippen LogP) is 11.3. The zero-order chi connectivity index (χ0) is 28.6. The number of hydrogen-bond donors (Lipinski definition) is 0. The third-order valence-electron chi connectivity index (χ3n) is 9.90. The Bertz CT molecular complexity index is 1860. The summed E-state index contributed by atoms with van der Waals surface area (Å²) in [7, 11) is 0. The Balaban J connectivity index is 1.18. The molecule has 0 saturated heterocycles. The standard InChI is InChI=1S/C42H34/c1-41(2)37-23-29(27-11-7-5-8-12-27)15-19-33(37)35-21-17-31(25-39(35)41)32-18-22-36-34-20-16-30(28-13-9-6-10-14-28)24-38(34)42(3,4)40(36)26-32/h5-26H,1-4H3.